The predicted molar refractivity (Wildman–Crippen MR) is 101 cm³/mol. The number of hydrogen-bond acceptors (Lipinski definition) is 6. The molecule has 0 saturated heterocycles. The summed E-state index contributed by atoms with van der Waals surface area (Å²) in [6.07, 6.45) is 6.85. The fourth-order valence-electron chi connectivity index (χ4n) is 2.11. The number of aromatic nitrogens is 3. The van der Waals surface area contributed by atoms with Crippen LogP contribution >= 0.6 is 11.8 Å². The zero-order valence-corrected chi connectivity index (χ0v) is 14.2. The van der Waals surface area contributed by atoms with E-state index in [-0.39, 0.29) is 6.03 Å². The minimum atomic E-state index is -0.330. The summed E-state index contributed by atoms with van der Waals surface area (Å²) >= 11 is 1.50. The van der Waals surface area contributed by atoms with E-state index in [1.165, 1.54) is 11.8 Å². The van der Waals surface area contributed by atoms with Crippen LogP contribution in [0.1, 0.15) is 0 Å². The third-order valence-corrected chi connectivity index (χ3v) is 4.10. The number of carbonyl (C=O) groups excluding carboxylic acids is 1. The van der Waals surface area contributed by atoms with Gasteiger partial charge in [-0.3, -0.25) is 4.98 Å². The standard InChI is InChI=1S/C17H16N6OS/c1-25-14-10-20-16(23-15(14)18)11-2-4-12(5-3-11)21-17(24)22-13-6-8-19-9-7-13/h2-10H,1H3,(H2,18,20,23)(H2,19,21,22,24). The van der Waals surface area contributed by atoms with E-state index in [9.17, 15) is 4.79 Å². The van der Waals surface area contributed by atoms with Gasteiger partial charge in [0.25, 0.3) is 0 Å². The number of urea groups is 1. The first-order valence-corrected chi connectivity index (χ1v) is 8.63. The van der Waals surface area contributed by atoms with Gasteiger partial charge in [-0.1, -0.05) is 0 Å². The Morgan fingerprint density at radius 2 is 1.68 bits per heavy atom. The van der Waals surface area contributed by atoms with Crippen molar-refractivity contribution in [1.82, 2.24) is 15.0 Å². The van der Waals surface area contributed by atoms with Gasteiger partial charge in [-0.05, 0) is 42.7 Å². The van der Waals surface area contributed by atoms with Crippen molar-refractivity contribution in [2.75, 3.05) is 22.6 Å². The van der Waals surface area contributed by atoms with E-state index in [0.29, 0.717) is 23.0 Å². The van der Waals surface area contributed by atoms with E-state index >= 15 is 0 Å². The number of nitrogen functional groups attached to an aromatic ring is 1. The van der Waals surface area contributed by atoms with Gasteiger partial charge in [-0.2, -0.15) is 0 Å². The van der Waals surface area contributed by atoms with Crippen LogP contribution in [-0.2, 0) is 0 Å². The molecule has 1 aromatic carbocycles. The van der Waals surface area contributed by atoms with Gasteiger partial charge in [-0.15, -0.1) is 11.8 Å². The van der Waals surface area contributed by atoms with E-state index in [2.05, 4.69) is 25.6 Å². The van der Waals surface area contributed by atoms with Crippen molar-refractivity contribution >= 4 is 35.0 Å². The van der Waals surface area contributed by atoms with Crippen molar-refractivity contribution in [3.05, 3.63) is 55.0 Å². The molecule has 0 aliphatic rings. The van der Waals surface area contributed by atoms with Gasteiger partial charge in [0.05, 0.1) is 4.90 Å². The molecule has 2 heterocycles. The number of nitrogens with one attached hydrogen (secondary N) is 2. The fraction of sp³-hybridized carbons (Fsp3) is 0.0588. The number of hydrogen-bond donors (Lipinski definition) is 3. The first-order chi connectivity index (χ1) is 12.2. The molecule has 8 heteroatoms. The molecular formula is C17H16N6OS. The lowest BCUT2D eigenvalue weighted by atomic mass is 10.2. The number of nitrogens with zero attached hydrogens (tertiary/aromatic N) is 3. The third-order valence-electron chi connectivity index (χ3n) is 3.34. The summed E-state index contributed by atoms with van der Waals surface area (Å²) in [4.78, 5) is 25.3. The molecule has 0 aliphatic carbocycles. The lowest BCUT2D eigenvalue weighted by molar-refractivity contribution is 0.262. The molecule has 0 fully saturated rings. The number of rotatable bonds is 4. The Labute approximate surface area is 149 Å². The molecule has 0 saturated carbocycles. The number of nitrogens with two attached hydrogens (primary N) is 1. The van der Waals surface area contributed by atoms with Crippen LogP contribution in [-0.4, -0.2) is 27.2 Å². The number of anilines is 3. The van der Waals surface area contributed by atoms with Gasteiger partial charge in [0.1, 0.15) is 5.82 Å². The highest BCUT2D eigenvalue weighted by atomic mass is 32.2. The zero-order valence-electron chi connectivity index (χ0n) is 13.4. The number of benzene rings is 1. The average molecular weight is 352 g/mol. The maximum absolute atomic E-state index is 12.0. The second-order valence-corrected chi connectivity index (χ2v) is 5.89. The van der Waals surface area contributed by atoms with Gasteiger partial charge in [0, 0.05) is 35.5 Å². The van der Waals surface area contributed by atoms with Crippen LogP contribution in [0.5, 0.6) is 0 Å². The van der Waals surface area contributed by atoms with E-state index < -0.39 is 0 Å². The molecule has 3 rings (SSSR count). The van der Waals surface area contributed by atoms with Crippen LogP contribution in [0.4, 0.5) is 22.0 Å². The quantitative estimate of drug-likeness (QED) is 0.621. The van der Waals surface area contributed by atoms with Crippen LogP contribution in [0.3, 0.4) is 0 Å². The lowest BCUT2D eigenvalue weighted by Gasteiger charge is -2.08. The summed E-state index contributed by atoms with van der Waals surface area (Å²) in [5.74, 6) is 1.000. The maximum atomic E-state index is 12.0. The molecular weight excluding hydrogens is 336 g/mol. The molecule has 25 heavy (non-hydrogen) atoms. The molecule has 126 valence electrons. The lowest BCUT2D eigenvalue weighted by Crippen LogP contribution is -2.19. The molecule has 7 nitrogen and oxygen atoms in total. The molecule has 4 N–H and O–H groups in total. The van der Waals surface area contributed by atoms with E-state index in [0.717, 1.165) is 10.5 Å². The monoisotopic (exact) mass is 352 g/mol. The largest absolute Gasteiger partial charge is 0.383 e. The molecule has 0 aliphatic heterocycles. The Bertz CT molecular complexity index is 870. The number of amides is 2. The average Bonchev–Trinajstić information content (AvgIpc) is 2.63. The van der Waals surface area contributed by atoms with Crippen LogP contribution in [0, 0.1) is 0 Å². The van der Waals surface area contributed by atoms with Crippen molar-refractivity contribution < 1.29 is 4.79 Å². The normalized spacial score (nSPS) is 10.3. The van der Waals surface area contributed by atoms with Crippen molar-refractivity contribution in [3.8, 4) is 11.4 Å². The summed E-state index contributed by atoms with van der Waals surface area (Å²) in [5, 5.41) is 5.48. The number of pyridine rings is 1. The Morgan fingerprint density at radius 3 is 2.28 bits per heavy atom. The zero-order chi connectivity index (χ0) is 17.6. The number of thioether (sulfide) groups is 1. The molecule has 0 unspecified atom stereocenters. The molecule has 0 atom stereocenters. The van der Waals surface area contributed by atoms with Gasteiger partial charge < -0.3 is 16.4 Å². The van der Waals surface area contributed by atoms with E-state index in [4.69, 9.17) is 5.73 Å². The van der Waals surface area contributed by atoms with Crippen molar-refractivity contribution in [3.63, 3.8) is 0 Å². The van der Waals surface area contributed by atoms with E-state index in [1.807, 2.05) is 18.4 Å². The van der Waals surface area contributed by atoms with Gasteiger partial charge >= 0.3 is 6.03 Å². The van der Waals surface area contributed by atoms with Crippen LogP contribution in [0.25, 0.3) is 11.4 Å². The summed E-state index contributed by atoms with van der Waals surface area (Å²) in [6.45, 7) is 0. The topological polar surface area (TPSA) is 106 Å². The smallest absolute Gasteiger partial charge is 0.323 e. The highest BCUT2D eigenvalue weighted by Crippen LogP contribution is 2.24. The fourth-order valence-corrected chi connectivity index (χ4v) is 2.52. The molecule has 3 aromatic rings. The summed E-state index contributed by atoms with van der Waals surface area (Å²) < 4.78 is 0. The molecule has 2 amide bonds. The molecule has 2 aromatic heterocycles. The van der Waals surface area contributed by atoms with Gasteiger partial charge in [0.2, 0.25) is 0 Å². The Morgan fingerprint density at radius 1 is 1.04 bits per heavy atom. The first-order valence-electron chi connectivity index (χ1n) is 7.40. The molecule has 0 bridgehead atoms. The highest BCUT2D eigenvalue weighted by molar-refractivity contribution is 7.98. The highest BCUT2D eigenvalue weighted by Gasteiger charge is 2.07. The van der Waals surface area contributed by atoms with Crippen LogP contribution in [0.15, 0.2) is 59.9 Å². The Hall–Kier alpha value is -3.13. The van der Waals surface area contributed by atoms with Crippen LogP contribution < -0.4 is 16.4 Å². The molecule has 0 spiro atoms. The van der Waals surface area contributed by atoms with Crippen molar-refractivity contribution in [2.45, 2.75) is 4.90 Å². The van der Waals surface area contributed by atoms with Crippen molar-refractivity contribution in [2.24, 2.45) is 0 Å². The van der Waals surface area contributed by atoms with Crippen molar-refractivity contribution in [1.29, 1.82) is 0 Å². The Balaban J connectivity index is 1.68. The maximum Gasteiger partial charge on any atom is 0.323 e. The minimum Gasteiger partial charge on any atom is -0.383 e. The number of carbonyl (C=O) groups is 1. The SMILES string of the molecule is CSc1cnc(-c2ccc(NC(=O)Nc3ccncc3)cc2)nc1N. The summed E-state index contributed by atoms with van der Waals surface area (Å²) in [7, 11) is 0. The van der Waals surface area contributed by atoms with Gasteiger partial charge in [-0.25, -0.2) is 14.8 Å². The summed E-state index contributed by atoms with van der Waals surface area (Å²) in [6, 6.07) is 10.3. The minimum absolute atomic E-state index is 0.330. The first kappa shape index (κ1) is 16.7. The van der Waals surface area contributed by atoms with E-state index in [1.54, 1.807) is 42.9 Å². The third kappa shape index (κ3) is 4.24. The second-order valence-electron chi connectivity index (χ2n) is 5.04. The predicted octanol–water partition coefficient (Wildman–Crippen LogP) is 3.49. The van der Waals surface area contributed by atoms with Gasteiger partial charge in [0.15, 0.2) is 5.82 Å². The summed E-state index contributed by atoms with van der Waals surface area (Å²) in [5.41, 5.74) is 8.04. The second kappa shape index (κ2) is 7.63. The Kier molecular flexibility index (Phi) is 5.10. The molecule has 0 radical (unpaired) electrons. The van der Waals surface area contributed by atoms with Crippen LogP contribution in [0.2, 0.25) is 0 Å².